The summed E-state index contributed by atoms with van der Waals surface area (Å²) in [5.74, 6) is -13.1. The summed E-state index contributed by atoms with van der Waals surface area (Å²) in [5.41, 5.74) is 0. The van der Waals surface area contributed by atoms with E-state index in [1.54, 1.807) is 0 Å². The van der Waals surface area contributed by atoms with Crippen molar-refractivity contribution in [3.8, 4) is 0 Å². The van der Waals surface area contributed by atoms with Gasteiger partial charge in [0, 0.05) is 6.92 Å². The normalized spacial score (nSPS) is 11.6. The molecule has 0 aliphatic rings. The van der Waals surface area contributed by atoms with Crippen LogP contribution in [0.15, 0.2) is 4.90 Å². The number of amides is 1. The van der Waals surface area contributed by atoms with Gasteiger partial charge in [0.05, 0.1) is 0 Å². The van der Waals surface area contributed by atoms with E-state index in [-0.39, 0.29) is 9.22 Å². The van der Waals surface area contributed by atoms with Crippen LogP contribution < -0.4 is 5.32 Å². The summed E-state index contributed by atoms with van der Waals surface area (Å²) in [6.45, 7) is 1.06. The van der Waals surface area contributed by atoms with Crippen LogP contribution in [0.1, 0.15) is 6.92 Å². The minimum absolute atomic E-state index is 0.115. The van der Waals surface area contributed by atoms with Gasteiger partial charge in [0.25, 0.3) is 10.0 Å². The van der Waals surface area contributed by atoms with E-state index < -0.39 is 53.9 Å². The predicted molar refractivity (Wildman–Crippen MR) is 74.1 cm³/mol. The molecule has 0 atom stereocenters. The van der Waals surface area contributed by atoms with E-state index in [1.807, 2.05) is 0 Å². The van der Waals surface area contributed by atoms with Gasteiger partial charge < -0.3 is 5.32 Å². The average Bonchev–Trinajstić information content (AvgIpc) is 2.83. The number of halogens is 5. The molecule has 6 nitrogen and oxygen atoms in total. The smallest absolute Gasteiger partial charge is 0.291 e. The van der Waals surface area contributed by atoms with Crippen LogP contribution in [0.5, 0.6) is 0 Å². The van der Waals surface area contributed by atoms with Crippen LogP contribution in [0.2, 0.25) is 0 Å². The fraction of sp³-hybridized carbons (Fsp3) is 0.100. The van der Waals surface area contributed by atoms with Gasteiger partial charge in [0.1, 0.15) is 0 Å². The minimum Gasteiger partial charge on any atom is -0.301 e. The maximum atomic E-state index is 13.7. The van der Waals surface area contributed by atoms with E-state index in [4.69, 9.17) is 0 Å². The van der Waals surface area contributed by atoms with Crippen molar-refractivity contribution in [1.29, 1.82) is 0 Å². The third-order valence-corrected chi connectivity index (χ3v) is 5.43. The molecule has 130 valence electrons. The van der Waals surface area contributed by atoms with E-state index >= 15 is 0 Å². The van der Waals surface area contributed by atoms with E-state index in [0.29, 0.717) is 11.3 Å². The number of carbonyl (C=O) groups is 1. The molecule has 0 bridgehead atoms. The van der Waals surface area contributed by atoms with Crippen LogP contribution in [0.3, 0.4) is 0 Å². The zero-order valence-electron chi connectivity index (χ0n) is 11.2. The summed E-state index contributed by atoms with van der Waals surface area (Å²) < 4.78 is 90.5. The number of hydrogen-bond donors (Lipinski definition) is 1. The van der Waals surface area contributed by atoms with Crippen LogP contribution in [-0.2, 0) is 14.8 Å². The average molecular weight is 405 g/mol. The molecule has 2 rings (SSSR count). The molecular formula is C10H4F5N3O3S3. The van der Waals surface area contributed by atoms with Gasteiger partial charge in [-0.2, -0.15) is 8.42 Å². The number of rotatable bonds is 3. The lowest BCUT2D eigenvalue weighted by Gasteiger charge is -2.08. The lowest BCUT2D eigenvalue weighted by atomic mass is 10.3. The molecule has 1 N–H and O–H groups in total. The van der Waals surface area contributed by atoms with Crippen molar-refractivity contribution in [2.24, 2.45) is 0 Å². The standard InChI is InChI=1S/C10H4F5N3O3S3/c1-2(19)16-9-17-18(10(22)23-9)24(20,21)8-6(14)4(12)3(11)5(13)7(8)15/h1H3,(H,16,17,19). The van der Waals surface area contributed by atoms with Gasteiger partial charge in [-0.05, 0) is 12.2 Å². The second kappa shape index (κ2) is 6.18. The van der Waals surface area contributed by atoms with Crippen molar-refractivity contribution in [3.05, 3.63) is 33.0 Å². The Morgan fingerprint density at radius 2 is 1.54 bits per heavy atom. The number of anilines is 1. The molecular weight excluding hydrogens is 401 g/mol. The minimum atomic E-state index is -5.34. The Morgan fingerprint density at radius 3 is 2.00 bits per heavy atom. The van der Waals surface area contributed by atoms with Gasteiger partial charge in [-0.25, -0.2) is 22.0 Å². The summed E-state index contributed by atoms with van der Waals surface area (Å²) in [4.78, 5) is 8.79. The van der Waals surface area contributed by atoms with Gasteiger partial charge in [-0.3, -0.25) is 4.79 Å². The highest BCUT2D eigenvalue weighted by Gasteiger charge is 2.36. The Bertz CT molecular complexity index is 986. The van der Waals surface area contributed by atoms with Gasteiger partial charge in [0.2, 0.25) is 16.9 Å². The number of aromatic nitrogens is 2. The molecule has 0 aliphatic heterocycles. The fourth-order valence-electron chi connectivity index (χ4n) is 1.52. The Labute approximate surface area is 139 Å². The van der Waals surface area contributed by atoms with Crippen LogP contribution in [0, 0.1) is 33.0 Å². The summed E-state index contributed by atoms with van der Waals surface area (Å²) >= 11 is 5.07. The second-order valence-electron chi connectivity index (χ2n) is 4.10. The summed E-state index contributed by atoms with van der Waals surface area (Å²) in [6, 6.07) is 0. The van der Waals surface area contributed by atoms with Crippen LogP contribution in [-0.4, -0.2) is 23.5 Å². The maximum absolute atomic E-state index is 13.7. The molecule has 0 aliphatic carbocycles. The van der Waals surface area contributed by atoms with Crippen molar-refractivity contribution in [2.75, 3.05) is 5.32 Å². The lowest BCUT2D eigenvalue weighted by Crippen LogP contribution is -2.21. The van der Waals surface area contributed by atoms with Gasteiger partial charge in [0.15, 0.2) is 32.1 Å². The first-order valence-corrected chi connectivity index (χ1v) is 8.29. The molecule has 14 heteroatoms. The number of benzene rings is 1. The first-order chi connectivity index (χ1) is 11.0. The summed E-state index contributed by atoms with van der Waals surface area (Å²) in [6.07, 6.45) is 0. The Kier molecular flexibility index (Phi) is 4.74. The molecule has 0 unspecified atom stereocenters. The molecule has 1 heterocycles. The molecule has 0 spiro atoms. The monoisotopic (exact) mass is 405 g/mol. The van der Waals surface area contributed by atoms with E-state index in [1.165, 1.54) is 0 Å². The number of carbonyl (C=O) groups excluding carboxylic acids is 1. The molecule has 0 fully saturated rings. The van der Waals surface area contributed by atoms with Gasteiger partial charge in [-0.1, -0.05) is 11.3 Å². The molecule has 2 aromatic rings. The highest BCUT2D eigenvalue weighted by Crippen LogP contribution is 2.29. The maximum Gasteiger partial charge on any atom is 0.291 e. The van der Waals surface area contributed by atoms with Crippen molar-refractivity contribution >= 4 is 44.6 Å². The molecule has 24 heavy (non-hydrogen) atoms. The first kappa shape index (κ1) is 18.4. The van der Waals surface area contributed by atoms with Crippen molar-refractivity contribution in [3.63, 3.8) is 0 Å². The Morgan fingerprint density at radius 1 is 1.08 bits per heavy atom. The van der Waals surface area contributed by atoms with Crippen molar-refractivity contribution < 1.29 is 35.2 Å². The van der Waals surface area contributed by atoms with Crippen molar-refractivity contribution in [2.45, 2.75) is 11.8 Å². The topological polar surface area (TPSA) is 81.1 Å². The van der Waals surface area contributed by atoms with Crippen LogP contribution in [0.4, 0.5) is 27.1 Å². The molecule has 0 radical (unpaired) electrons. The zero-order chi connectivity index (χ0) is 18.4. The highest BCUT2D eigenvalue weighted by atomic mass is 32.2. The quantitative estimate of drug-likeness (QED) is 0.367. The molecule has 0 saturated carbocycles. The van der Waals surface area contributed by atoms with Crippen LogP contribution >= 0.6 is 23.6 Å². The number of nitrogens with one attached hydrogen (secondary N) is 1. The largest absolute Gasteiger partial charge is 0.301 e. The first-order valence-electron chi connectivity index (χ1n) is 5.63. The van der Waals surface area contributed by atoms with Gasteiger partial charge in [-0.15, -0.1) is 9.19 Å². The van der Waals surface area contributed by atoms with E-state index in [2.05, 4.69) is 22.6 Å². The van der Waals surface area contributed by atoms with Gasteiger partial charge >= 0.3 is 0 Å². The fourth-order valence-corrected chi connectivity index (χ4v) is 4.34. The SMILES string of the molecule is CC(=O)Nc1nn(S(=O)(=O)c2c(F)c(F)c(F)c(F)c2F)c(=S)s1. The number of nitrogens with zero attached hydrogens (tertiary/aromatic N) is 2. The Hall–Kier alpha value is -1.93. The third kappa shape index (κ3) is 2.91. The predicted octanol–water partition coefficient (Wildman–Crippen LogP) is 2.56. The molecule has 1 aromatic carbocycles. The van der Waals surface area contributed by atoms with Crippen LogP contribution in [0.25, 0.3) is 0 Å². The Balaban J connectivity index is 2.76. The summed E-state index contributed by atoms with van der Waals surface area (Å²) in [7, 11) is -5.34. The van der Waals surface area contributed by atoms with E-state index in [0.717, 1.165) is 6.92 Å². The summed E-state index contributed by atoms with van der Waals surface area (Å²) in [5, 5.41) is 5.03. The molecule has 0 saturated heterocycles. The van der Waals surface area contributed by atoms with E-state index in [9.17, 15) is 35.2 Å². The lowest BCUT2D eigenvalue weighted by molar-refractivity contribution is -0.114. The zero-order valence-corrected chi connectivity index (χ0v) is 13.7. The molecule has 1 amide bonds. The number of hydrogen-bond acceptors (Lipinski definition) is 6. The second-order valence-corrected chi connectivity index (χ2v) is 7.43. The third-order valence-electron chi connectivity index (χ3n) is 2.46. The van der Waals surface area contributed by atoms with Crippen molar-refractivity contribution in [1.82, 2.24) is 9.19 Å². The molecule has 1 aromatic heterocycles. The highest BCUT2D eigenvalue weighted by molar-refractivity contribution is 7.90.